The number of hydrogen-bond donors (Lipinski definition) is 0. The second-order valence-corrected chi connectivity index (χ2v) is 3.50. The van der Waals surface area contributed by atoms with Gasteiger partial charge in [-0.15, -0.1) is 0 Å². The second kappa shape index (κ2) is 3.52. The standard InChI is InChI=1S/C9H10ClNO2/c10-9-5-8(12)1-3-11(9)7-2-4-13-6-7/h1,3,5,7H,2,4,6H2. The quantitative estimate of drug-likeness (QED) is 0.642. The summed E-state index contributed by atoms with van der Waals surface area (Å²) in [4.78, 5) is 10.9. The van der Waals surface area contributed by atoms with E-state index in [1.54, 1.807) is 6.20 Å². The fraction of sp³-hybridized carbons (Fsp3) is 0.444. The van der Waals surface area contributed by atoms with E-state index in [1.807, 2.05) is 4.57 Å². The normalized spacial score (nSPS) is 22.1. The van der Waals surface area contributed by atoms with Crippen molar-refractivity contribution in [2.75, 3.05) is 13.2 Å². The average Bonchev–Trinajstić information content (AvgIpc) is 2.56. The lowest BCUT2D eigenvalue weighted by Gasteiger charge is -2.14. The van der Waals surface area contributed by atoms with E-state index in [0.717, 1.165) is 13.0 Å². The molecule has 70 valence electrons. The van der Waals surface area contributed by atoms with Gasteiger partial charge in [-0.25, -0.2) is 0 Å². The molecule has 1 atom stereocenters. The van der Waals surface area contributed by atoms with Gasteiger partial charge in [0.05, 0.1) is 12.6 Å². The average molecular weight is 200 g/mol. The molecule has 0 N–H and O–H groups in total. The third-order valence-electron chi connectivity index (χ3n) is 2.21. The minimum Gasteiger partial charge on any atom is -0.379 e. The molecule has 0 aliphatic carbocycles. The van der Waals surface area contributed by atoms with E-state index in [9.17, 15) is 4.79 Å². The second-order valence-electron chi connectivity index (χ2n) is 3.11. The summed E-state index contributed by atoms with van der Waals surface area (Å²) < 4.78 is 7.12. The maximum absolute atomic E-state index is 10.9. The van der Waals surface area contributed by atoms with Crippen LogP contribution in [0.1, 0.15) is 12.5 Å². The van der Waals surface area contributed by atoms with Gasteiger partial charge in [-0.05, 0) is 6.42 Å². The van der Waals surface area contributed by atoms with Crippen molar-refractivity contribution in [2.45, 2.75) is 12.5 Å². The van der Waals surface area contributed by atoms with Crippen LogP contribution in [0.15, 0.2) is 23.1 Å². The summed E-state index contributed by atoms with van der Waals surface area (Å²) >= 11 is 5.92. The van der Waals surface area contributed by atoms with E-state index >= 15 is 0 Å². The molecule has 13 heavy (non-hydrogen) atoms. The van der Waals surface area contributed by atoms with Crippen LogP contribution in [-0.2, 0) is 4.74 Å². The molecule has 1 saturated heterocycles. The van der Waals surface area contributed by atoms with Gasteiger partial charge in [0.25, 0.3) is 0 Å². The smallest absolute Gasteiger partial charge is 0.183 e. The van der Waals surface area contributed by atoms with Crippen LogP contribution >= 0.6 is 11.6 Å². The summed E-state index contributed by atoms with van der Waals surface area (Å²) in [7, 11) is 0. The summed E-state index contributed by atoms with van der Waals surface area (Å²) in [6.07, 6.45) is 2.69. The lowest BCUT2D eigenvalue weighted by atomic mass is 10.2. The summed E-state index contributed by atoms with van der Waals surface area (Å²) in [5.74, 6) is 0. The first-order valence-electron chi connectivity index (χ1n) is 4.23. The number of halogens is 1. The van der Waals surface area contributed by atoms with Gasteiger partial charge >= 0.3 is 0 Å². The van der Waals surface area contributed by atoms with Crippen LogP contribution in [0, 0.1) is 0 Å². The summed E-state index contributed by atoms with van der Waals surface area (Å²) in [6, 6.07) is 3.23. The molecule has 1 aromatic rings. The zero-order valence-electron chi connectivity index (χ0n) is 7.07. The molecule has 3 nitrogen and oxygen atoms in total. The lowest BCUT2D eigenvalue weighted by Crippen LogP contribution is -2.12. The molecule has 0 amide bonds. The van der Waals surface area contributed by atoms with Gasteiger partial charge in [-0.2, -0.15) is 0 Å². The Labute approximate surface area is 80.9 Å². The fourth-order valence-corrected chi connectivity index (χ4v) is 1.80. The Morgan fingerprint density at radius 1 is 1.62 bits per heavy atom. The van der Waals surface area contributed by atoms with Crippen LogP contribution in [0.25, 0.3) is 0 Å². The van der Waals surface area contributed by atoms with Crippen molar-refractivity contribution < 1.29 is 4.74 Å². The molecule has 1 aliphatic heterocycles. The van der Waals surface area contributed by atoms with Crippen molar-refractivity contribution in [1.29, 1.82) is 0 Å². The van der Waals surface area contributed by atoms with Gasteiger partial charge in [-0.1, -0.05) is 11.6 Å². The Balaban J connectivity index is 2.34. The molecule has 1 aromatic heterocycles. The molecule has 1 fully saturated rings. The highest BCUT2D eigenvalue weighted by Gasteiger charge is 2.17. The SMILES string of the molecule is O=c1ccn(C2CCOC2)c(Cl)c1. The first-order valence-corrected chi connectivity index (χ1v) is 4.60. The van der Waals surface area contributed by atoms with E-state index in [2.05, 4.69) is 0 Å². The molecule has 0 radical (unpaired) electrons. The van der Waals surface area contributed by atoms with Gasteiger partial charge < -0.3 is 9.30 Å². The van der Waals surface area contributed by atoms with Gasteiger partial charge in [0.15, 0.2) is 5.43 Å². The number of pyridine rings is 1. The third-order valence-corrected chi connectivity index (χ3v) is 2.51. The fourth-order valence-electron chi connectivity index (χ4n) is 1.50. The molecule has 0 aromatic carbocycles. The van der Waals surface area contributed by atoms with E-state index in [0.29, 0.717) is 11.8 Å². The highest BCUT2D eigenvalue weighted by atomic mass is 35.5. The summed E-state index contributed by atoms with van der Waals surface area (Å²) in [5, 5.41) is 0.489. The van der Waals surface area contributed by atoms with Gasteiger partial charge in [0.2, 0.25) is 0 Å². The molecule has 2 heterocycles. The predicted molar refractivity (Wildman–Crippen MR) is 50.2 cm³/mol. The number of ether oxygens (including phenoxy) is 1. The molecule has 1 aliphatic rings. The van der Waals surface area contributed by atoms with E-state index < -0.39 is 0 Å². The first-order chi connectivity index (χ1) is 6.27. The van der Waals surface area contributed by atoms with Crippen LogP contribution in [0.5, 0.6) is 0 Å². The third kappa shape index (κ3) is 1.76. The predicted octanol–water partition coefficient (Wildman–Crippen LogP) is 1.46. The molecule has 4 heteroatoms. The van der Waals surface area contributed by atoms with Crippen molar-refractivity contribution in [1.82, 2.24) is 4.57 Å². The number of hydrogen-bond acceptors (Lipinski definition) is 2. The summed E-state index contributed by atoms with van der Waals surface area (Å²) in [6.45, 7) is 1.45. The van der Waals surface area contributed by atoms with Gasteiger partial charge in [0, 0.05) is 24.9 Å². The van der Waals surface area contributed by atoms with Crippen molar-refractivity contribution in [3.05, 3.63) is 33.7 Å². The number of rotatable bonds is 1. The highest BCUT2D eigenvalue weighted by molar-refractivity contribution is 6.29. The van der Waals surface area contributed by atoms with Crippen LogP contribution in [0.3, 0.4) is 0 Å². The topological polar surface area (TPSA) is 31.2 Å². The maximum Gasteiger partial charge on any atom is 0.183 e. The Kier molecular flexibility index (Phi) is 2.38. The number of nitrogens with zero attached hydrogens (tertiary/aromatic N) is 1. The Morgan fingerprint density at radius 2 is 2.46 bits per heavy atom. The van der Waals surface area contributed by atoms with Crippen LogP contribution < -0.4 is 5.43 Å². The Morgan fingerprint density at radius 3 is 3.08 bits per heavy atom. The van der Waals surface area contributed by atoms with Crippen LogP contribution in [0.2, 0.25) is 5.15 Å². The van der Waals surface area contributed by atoms with E-state index in [-0.39, 0.29) is 11.5 Å². The zero-order valence-corrected chi connectivity index (χ0v) is 7.83. The highest BCUT2D eigenvalue weighted by Crippen LogP contribution is 2.21. The number of aromatic nitrogens is 1. The molecular weight excluding hydrogens is 190 g/mol. The molecule has 0 spiro atoms. The Hall–Kier alpha value is -0.800. The van der Waals surface area contributed by atoms with Crippen molar-refractivity contribution >= 4 is 11.6 Å². The monoisotopic (exact) mass is 199 g/mol. The molecular formula is C9H10ClNO2. The van der Waals surface area contributed by atoms with Crippen molar-refractivity contribution in [2.24, 2.45) is 0 Å². The van der Waals surface area contributed by atoms with Crippen LogP contribution in [-0.4, -0.2) is 17.8 Å². The molecule has 0 bridgehead atoms. The minimum atomic E-state index is -0.0554. The molecule has 0 saturated carbocycles. The van der Waals surface area contributed by atoms with E-state index in [4.69, 9.17) is 16.3 Å². The molecule has 1 unspecified atom stereocenters. The summed E-state index contributed by atoms with van der Waals surface area (Å²) in [5.41, 5.74) is -0.0554. The van der Waals surface area contributed by atoms with Crippen molar-refractivity contribution in [3.63, 3.8) is 0 Å². The maximum atomic E-state index is 10.9. The van der Waals surface area contributed by atoms with Crippen molar-refractivity contribution in [3.8, 4) is 0 Å². The van der Waals surface area contributed by atoms with Crippen LogP contribution in [0.4, 0.5) is 0 Å². The van der Waals surface area contributed by atoms with E-state index in [1.165, 1.54) is 12.1 Å². The zero-order chi connectivity index (χ0) is 9.26. The largest absolute Gasteiger partial charge is 0.379 e. The lowest BCUT2D eigenvalue weighted by molar-refractivity contribution is 0.186. The van der Waals surface area contributed by atoms with Gasteiger partial charge in [-0.3, -0.25) is 4.79 Å². The molecule has 2 rings (SSSR count). The minimum absolute atomic E-state index is 0.0554. The Bertz CT molecular complexity index is 355. The van der Waals surface area contributed by atoms with Gasteiger partial charge in [0.1, 0.15) is 5.15 Å². The first kappa shape index (κ1) is 8.78.